The highest BCUT2D eigenvalue weighted by molar-refractivity contribution is 9.10. The van der Waals surface area contributed by atoms with E-state index in [1.165, 1.54) is 6.07 Å². The van der Waals surface area contributed by atoms with Gasteiger partial charge in [0.1, 0.15) is 5.82 Å². The van der Waals surface area contributed by atoms with Gasteiger partial charge < -0.3 is 10.5 Å². The molecule has 0 spiro atoms. The Balaban J connectivity index is 2.21. The average molecular weight is 331 g/mol. The van der Waals surface area contributed by atoms with Crippen LogP contribution in [-0.2, 0) is 4.74 Å². The van der Waals surface area contributed by atoms with Gasteiger partial charge in [-0.2, -0.15) is 0 Å². The normalized spacial score (nSPS) is 21.3. The van der Waals surface area contributed by atoms with E-state index >= 15 is 0 Å². The molecule has 1 atom stereocenters. The van der Waals surface area contributed by atoms with Gasteiger partial charge in [0.15, 0.2) is 0 Å². The van der Waals surface area contributed by atoms with Crippen LogP contribution in [0.1, 0.15) is 25.5 Å². The van der Waals surface area contributed by atoms with Gasteiger partial charge in [0.05, 0.1) is 16.7 Å². The first-order valence-electron chi connectivity index (χ1n) is 6.46. The molecule has 1 aromatic rings. The van der Waals surface area contributed by atoms with Crippen LogP contribution in [-0.4, -0.2) is 36.7 Å². The van der Waals surface area contributed by atoms with Gasteiger partial charge in [0.25, 0.3) is 0 Å². The summed E-state index contributed by atoms with van der Waals surface area (Å²) in [6.07, 6.45) is 0. The van der Waals surface area contributed by atoms with E-state index in [2.05, 4.69) is 34.7 Å². The van der Waals surface area contributed by atoms with Gasteiger partial charge >= 0.3 is 0 Å². The highest BCUT2D eigenvalue weighted by Gasteiger charge is 2.31. The Bertz CT molecular complexity index is 453. The molecule has 0 radical (unpaired) electrons. The van der Waals surface area contributed by atoms with Crippen LogP contribution in [0.3, 0.4) is 0 Å². The van der Waals surface area contributed by atoms with Crippen LogP contribution in [0.25, 0.3) is 0 Å². The predicted octanol–water partition coefficient (Wildman–Crippen LogP) is 2.70. The summed E-state index contributed by atoms with van der Waals surface area (Å²) in [7, 11) is 0. The number of nitrogens with two attached hydrogens (primary N) is 1. The van der Waals surface area contributed by atoms with Crippen molar-refractivity contribution in [1.29, 1.82) is 0 Å². The van der Waals surface area contributed by atoms with Crippen molar-refractivity contribution in [3.63, 3.8) is 0 Å². The van der Waals surface area contributed by atoms with Crippen molar-refractivity contribution in [2.24, 2.45) is 5.73 Å². The number of halogens is 2. The number of hydrogen-bond acceptors (Lipinski definition) is 3. The fraction of sp³-hybridized carbons (Fsp3) is 0.571. The monoisotopic (exact) mass is 330 g/mol. The fourth-order valence-electron chi connectivity index (χ4n) is 2.53. The Morgan fingerprint density at radius 3 is 2.84 bits per heavy atom. The van der Waals surface area contributed by atoms with Crippen molar-refractivity contribution in [1.82, 2.24) is 4.90 Å². The third-order valence-electron chi connectivity index (χ3n) is 3.45. The number of hydrogen-bond donors (Lipinski definition) is 1. The lowest BCUT2D eigenvalue weighted by atomic mass is 10.0. The molecule has 5 heteroatoms. The smallest absolute Gasteiger partial charge is 0.137 e. The van der Waals surface area contributed by atoms with E-state index in [1.807, 2.05) is 6.07 Å². The maximum absolute atomic E-state index is 13.3. The highest BCUT2D eigenvalue weighted by Crippen LogP contribution is 2.28. The maximum atomic E-state index is 13.3. The summed E-state index contributed by atoms with van der Waals surface area (Å²) in [4.78, 5) is 2.31. The van der Waals surface area contributed by atoms with E-state index in [9.17, 15) is 4.39 Å². The van der Waals surface area contributed by atoms with Gasteiger partial charge in [-0.3, -0.25) is 4.90 Å². The molecule has 1 unspecified atom stereocenters. The number of ether oxygens (including phenoxy) is 1. The molecule has 2 rings (SSSR count). The Hall–Kier alpha value is -0.490. The van der Waals surface area contributed by atoms with Crippen LogP contribution in [0.5, 0.6) is 0 Å². The van der Waals surface area contributed by atoms with Gasteiger partial charge in [-0.25, -0.2) is 4.39 Å². The Kier molecular flexibility index (Phi) is 4.61. The topological polar surface area (TPSA) is 38.5 Å². The molecule has 0 bridgehead atoms. The number of rotatable bonds is 3. The minimum atomic E-state index is -0.248. The van der Waals surface area contributed by atoms with E-state index in [1.54, 1.807) is 6.07 Å². The molecule has 0 aliphatic carbocycles. The van der Waals surface area contributed by atoms with E-state index in [0.29, 0.717) is 17.6 Å². The first kappa shape index (κ1) is 14.9. The minimum absolute atomic E-state index is 0.0973. The molecule has 1 aromatic carbocycles. The van der Waals surface area contributed by atoms with E-state index < -0.39 is 0 Å². The maximum Gasteiger partial charge on any atom is 0.137 e. The summed E-state index contributed by atoms with van der Waals surface area (Å²) in [5, 5.41) is 0. The van der Waals surface area contributed by atoms with Crippen molar-refractivity contribution >= 4 is 15.9 Å². The number of morpholine rings is 1. The molecular formula is C14H20BrFN2O. The summed E-state index contributed by atoms with van der Waals surface area (Å²) in [5.41, 5.74) is 6.79. The molecule has 1 saturated heterocycles. The third-order valence-corrected chi connectivity index (χ3v) is 4.06. The van der Waals surface area contributed by atoms with Crippen LogP contribution in [0.2, 0.25) is 0 Å². The second-order valence-electron chi connectivity index (χ2n) is 5.50. The minimum Gasteiger partial charge on any atom is -0.373 e. The first-order valence-corrected chi connectivity index (χ1v) is 7.25. The lowest BCUT2D eigenvalue weighted by Crippen LogP contribution is -2.50. The molecule has 1 heterocycles. The summed E-state index contributed by atoms with van der Waals surface area (Å²) < 4.78 is 19.5. The fourth-order valence-corrected chi connectivity index (χ4v) is 2.93. The predicted molar refractivity (Wildman–Crippen MR) is 77.5 cm³/mol. The lowest BCUT2D eigenvalue weighted by Gasteiger charge is -2.42. The van der Waals surface area contributed by atoms with Crippen LogP contribution in [0, 0.1) is 5.82 Å². The third kappa shape index (κ3) is 3.54. The van der Waals surface area contributed by atoms with Crippen molar-refractivity contribution in [2.45, 2.75) is 25.5 Å². The summed E-state index contributed by atoms with van der Waals surface area (Å²) >= 11 is 3.23. The SMILES string of the molecule is CC1(C)CN(C(CN)c2ccc(F)c(Br)c2)CCO1. The summed E-state index contributed by atoms with van der Waals surface area (Å²) in [6, 6.07) is 5.20. The first-order chi connectivity index (χ1) is 8.93. The highest BCUT2D eigenvalue weighted by atomic mass is 79.9. The Morgan fingerprint density at radius 2 is 2.26 bits per heavy atom. The van der Waals surface area contributed by atoms with Crippen LogP contribution in [0.4, 0.5) is 4.39 Å². The van der Waals surface area contributed by atoms with Crippen molar-refractivity contribution in [3.8, 4) is 0 Å². The zero-order chi connectivity index (χ0) is 14.0. The van der Waals surface area contributed by atoms with E-state index in [-0.39, 0.29) is 17.5 Å². The largest absolute Gasteiger partial charge is 0.373 e. The second kappa shape index (κ2) is 5.87. The number of nitrogens with zero attached hydrogens (tertiary/aromatic N) is 1. The zero-order valence-corrected chi connectivity index (χ0v) is 12.9. The van der Waals surface area contributed by atoms with E-state index in [4.69, 9.17) is 10.5 Å². The molecule has 1 aliphatic heterocycles. The van der Waals surface area contributed by atoms with Crippen LogP contribution < -0.4 is 5.73 Å². The molecule has 106 valence electrons. The zero-order valence-electron chi connectivity index (χ0n) is 11.3. The molecule has 0 saturated carbocycles. The molecule has 0 aromatic heterocycles. The molecule has 1 aliphatic rings. The Labute approximate surface area is 122 Å². The van der Waals surface area contributed by atoms with Crippen LogP contribution >= 0.6 is 15.9 Å². The van der Waals surface area contributed by atoms with E-state index in [0.717, 1.165) is 18.7 Å². The molecule has 3 nitrogen and oxygen atoms in total. The Morgan fingerprint density at radius 1 is 1.53 bits per heavy atom. The van der Waals surface area contributed by atoms with Gasteiger partial charge in [-0.15, -0.1) is 0 Å². The van der Waals surface area contributed by atoms with Crippen molar-refractivity contribution in [2.75, 3.05) is 26.2 Å². The average Bonchev–Trinajstić information content (AvgIpc) is 2.33. The van der Waals surface area contributed by atoms with Crippen LogP contribution in [0.15, 0.2) is 22.7 Å². The lowest BCUT2D eigenvalue weighted by molar-refractivity contribution is -0.0967. The standard InChI is InChI=1S/C14H20BrFN2O/c1-14(2)9-18(5-6-19-14)13(8-17)10-3-4-12(16)11(15)7-10/h3-4,7,13H,5-6,8-9,17H2,1-2H3. The summed E-state index contributed by atoms with van der Waals surface area (Å²) in [5.74, 6) is -0.248. The molecule has 2 N–H and O–H groups in total. The van der Waals surface area contributed by atoms with Gasteiger partial charge in [0, 0.05) is 25.7 Å². The van der Waals surface area contributed by atoms with Crippen molar-refractivity contribution < 1.29 is 9.13 Å². The van der Waals surface area contributed by atoms with Gasteiger partial charge in [-0.05, 0) is 47.5 Å². The number of benzene rings is 1. The van der Waals surface area contributed by atoms with Gasteiger partial charge in [0.2, 0.25) is 0 Å². The molecule has 1 fully saturated rings. The van der Waals surface area contributed by atoms with Gasteiger partial charge in [-0.1, -0.05) is 6.07 Å². The molecule has 0 amide bonds. The quantitative estimate of drug-likeness (QED) is 0.926. The summed E-state index contributed by atoms with van der Waals surface area (Å²) in [6.45, 7) is 7.03. The second-order valence-corrected chi connectivity index (χ2v) is 6.36. The van der Waals surface area contributed by atoms with Crippen molar-refractivity contribution in [3.05, 3.63) is 34.1 Å². The molecule has 19 heavy (non-hydrogen) atoms. The molecular weight excluding hydrogens is 311 g/mol.